The van der Waals surface area contributed by atoms with Crippen molar-refractivity contribution in [3.8, 4) is 5.75 Å². The minimum absolute atomic E-state index is 0.108. The molecule has 13 heteroatoms. The third-order valence-electron chi connectivity index (χ3n) is 8.52. The summed E-state index contributed by atoms with van der Waals surface area (Å²) in [7, 11) is 2.64. The molecule has 4 amide bonds. The molecule has 1 aromatic rings. The molecule has 2 heterocycles. The molecular weight excluding hydrogens is 604 g/mol. The predicted molar refractivity (Wildman–Crippen MR) is 170 cm³/mol. The van der Waals surface area contributed by atoms with Crippen LogP contribution < -0.4 is 16.0 Å². The van der Waals surface area contributed by atoms with Crippen LogP contribution in [0.2, 0.25) is 0 Å². The maximum Gasteiger partial charge on any atom is 0.330 e. The van der Waals surface area contributed by atoms with Gasteiger partial charge in [-0.3, -0.25) is 19.2 Å². The van der Waals surface area contributed by atoms with E-state index in [9.17, 15) is 29.1 Å². The van der Waals surface area contributed by atoms with Gasteiger partial charge in [0.2, 0.25) is 23.6 Å². The third kappa shape index (κ3) is 8.41. The van der Waals surface area contributed by atoms with E-state index in [1.54, 1.807) is 45.0 Å². The first kappa shape index (κ1) is 34.0. The summed E-state index contributed by atoms with van der Waals surface area (Å²) in [6.07, 6.45) is 4.09. The number of nitrogens with one attached hydrogen (secondary N) is 3. The van der Waals surface area contributed by atoms with Gasteiger partial charge in [0.05, 0.1) is 5.41 Å². The Morgan fingerprint density at radius 3 is 2.34 bits per heavy atom. The number of likely N-dealkylation sites (tertiary alicyclic amines) is 1. The highest BCUT2D eigenvalue weighted by atomic mass is 33.1. The molecule has 4 atom stereocenters. The third-order valence-corrected chi connectivity index (χ3v) is 10.9. The molecular formula is C31H44N4O7S2. The van der Waals surface area contributed by atoms with Gasteiger partial charge in [-0.2, -0.15) is 0 Å². The molecule has 1 saturated carbocycles. The standard InChI is InChI=1S/C31H44N4O7S2/c1-19(36)35-16-11-22(20-7-9-21(37)10-8-20)25(35)27(39)33-23-17-43-44-18-24(28(40)42-30(2,3)4)34-29(41)31(12-5-6-13-31)14-15-32-26(23)38/h7-10,22-25,37H,5-6,11-18H2,1-4H3,(H,32,38)(H,33,39)(H,34,41)/t22-,23-,24-,25?/m0/s1. The van der Waals surface area contributed by atoms with Gasteiger partial charge in [-0.25, -0.2) is 4.79 Å². The van der Waals surface area contributed by atoms with E-state index in [4.69, 9.17) is 4.74 Å². The highest BCUT2D eigenvalue weighted by Gasteiger charge is 2.44. The van der Waals surface area contributed by atoms with Gasteiger partial charge in [-0.15, -0.1) is 0 Å². The number of hydrogen-bond donors (Lipinski definition) is 4. The summed E-state index contributed by atoms with van der Waals surface area (Å²) in [5.74, 6) is -1.48. The molecule has 0 radical (unpaired) electrons. The minimum Gasteiger partial charge on any atom is -0.508 e. The molecule has 4 rings (SSSR count). The summed E-state index contributed by atoms with van der Waals surface area (Å²) in [4.78, 5) is 67.9. The molecule has 3 aliphatic rings. The molecule has 4 N–H and O–H groups in total. The fourth-order valence-corrected chi connectivity index (χ4v) is 8.57. The lowest BCUT2D eigenvalue weighted by Gasteiger charge is -2.31. The first-order valence-electron chi connectivity index (χ1n) is 15.2. The number of ether oxygens (including phenoxy) is 1. The van der Waals surface area contributed by atoms with Gasteiger partial charge in [-0.05, 0) is 64.2 Å². The van der Waals surface area contributed by atoms with Crippen LogP contribution in [0.3, 0.4) is 0 Å². The lowest BCUT2D eigenvalue weighted by molar-refractivity contribution is -0.158. The van der Waals surface area contributed by atoms with E-state index in [-0.39, 0.29) is 47.4 Å². The average molecular weight is 649 g/mol. The largest absolute Gasteiger partial charge is 0.508 e. The van der Waals surface area contributed by atoms with Crippen LogP contribution in [0.5, 0.6) is 5.75 Å². The van der Waals surface area contributed by atoms with Crippen LogP contribution >= 0.6 is 21.6 Å². The van der Waals surface area contributed by atoms with Gasteiger partial charge in [0.25, 0.3) is 0 Å². The molecule has 1 aliphatic carbocycles. The van der Waals surface area contributed by atoms with Crippen molar-refractivity contribution >= 4 is 51.2 Å². The molecule has 1 aromatic carbocycles. The normalized spacial score (nSPS) is 26.5. The SMILES string of the molecule is CC(=O)N1CC[C@@H](c2ccc(O)cc2)C1C(=O)N[C@H]1CSSC[C@@H](C(=O)OC(C)(C)C)NC(=O)C2(CCCC2)CCNC1=O. The van der Waals surface area contributed by atoms with Gasteiger partial charge in [-0.1, -0.05) is 46.6 Å². The Labute approximate surface area is 266 Å². The lowest BCUT2D eigenvalue weighted by atomic mass is 9.81. The smallest absolute Gasteiger partial charge is 0.330 e. The molecule has 44 heavy (non-hydrogen) atoms. The number of hydrogen-bond acceptors (Lipinski definition) is 9. The summed E-state index contributed by atoms with van der Waals surface area (Å²) in [6.45, 7) is 7.40. The van der Waals surface area contributed by atoms with Crippen LogP contribution in [0.25, 0.3) is 0 Å². The highest BCUT2D eigenvalue weighted by molar-refractivity contribution is 8.76. The molecule has 0 bridgehead atoms. The summed E-state index contributed by atoms with van der Waals surface area (Å²) >= 11 is 0. The molecule has 0 aromatic heterocycles. The first-order valence-corrected chi connectivity index (χ1v) is 17.7. The lowest BCUT2D eigenvalue weighted by Crippen LogP contribution is -2.55. The number of rotatable bonds is 4. The van der Waals surface area contributed by atoms with E-state index in [0.29, 0.717) is 32.2 Å². The number of phenolic OH excluding ortho intramolecular Hbond substituents is 1. The van der Waals surface area contributed by atoms with Gasteiger partial charge >= 0.3 is 5.97 Å². The van der Waals surface area contributed by atoms with Crippen molar-refractivity contribution < 1.29 is 33.8 Å². The van der Waals surface area contributed by atoms with E-state index in [2.05, 4.69) is 16.0 Å². The Balaban J connectivity index is 1.53. The number of benzene rings is 1. The fourth-order valence-electron chi connectivity index (χ4n) is 6.26. The zero-order valence-corrected chi connectivity index (χ0v) is 27.5. The first-order chi connectivity index (χ1) is 20.8. The highest BCUT2D eigenvalue weighted by Crippen LogP contribution is 2.41. The molecule has 2 saturated heterocycles. The van der Waals surface area contributed by atoms with Gasteiger partial charge in [0.15, 0.2) is 0 Å². The van der Waals surface area contributed by atoms with Crippen molar-refractivity contribution in [1.82, 2.24) is 20.9 Å². The van der Waals surface area contributed by atoms with E-state index in [1.165, 1.54) is 33.4 Å². The predicted octanol–water partition coefficient (Wildman–Crippen LogP) is 2.87. The van der Waals surface area contributed by atoms with E-state index >= 15 is 0 Å². The van der Waals surface area contributed by atoms with Crippen molar-refractivity contribution in [2.75, 3.05) is 24.6 Å². The summed E-state index contributed by atoms with van der Waals surface area (Å²) in [5.41, 5.74) is -0.589. The maximum atomic E-state index is 13.8. The second kappa shape index (κ2) is 14.4. The van der Waals surface area contributed by atoms with Crippen LogP contribution in [0.15, 0.2) is 24.3 Å². The number of carbonyl (C=O) groups is 5. The molecule has 242 valence electrons. The molecule has 2 aliphatic heterocycles. The Morgan fingerprint density at radius 1 is 1.05 bits per heavy atom. The second-order valence-corrected chi connectivity index (χ2v) is 15.4. The van der Waals surface area contributed by atoms with Gasteiger partial charge < -0.3 is 30.7 Å². The van der Waals surface area contributed by atoms with Crippen molar-refractivity contribution in [3.05, 3.63) is 29.8 Å². The number of amides is 4. The van der Waals surface area contributed by atoms with E-state index < -0.39 is 41.0 Å². The summed E-state index contributed by atoms with van der Waals surface area (Å²) in [5, 5.41) is 18.5. The Hall–Kier alpha value is -2.93. The number of phenols is 1. The summed E-state index contributed by atoms with van der Waals surface area (Å²) in [6, 6.07) is 4.03. The number of esters is 1. The van der Waals surface area contributed by atoms with Gasteiger partial charge in [0, 0.05) is 37.4 Å². The van der Waals surface area contributed by atoms with Crippen molar-refractivity contribution in [2.24, 2.45) is 5.41 Å². The van der Waals surface area contributed by atoms with E-state index in [1.807, 2.05) is 0 Å². The number of carbonyl (C=O) groups excluding carboxylic acids is 5. The van der Waals surface area contributed by atoms with Crippen LogP contribution in [0.1, 0.15) is 77.7 Å². The number of nitrogens with zero attached hydrogens (tertiary/aromatic N) is 1. The van der Waals surface area contributed by atoms with Crippen molar-refractivity contribution in [1.29, 1.82) is 0 Å². The van der Waals surface area contributed by atoms with Crippen molar-refractivity contribution in [3.63, 3.8) is 0 Å². The Bertz CT molecular complexity index is 1230. The Morgan fingerprint density at radius 2 is 1.70 bits per heavy atom. The molecule has 1 unspecified atom stereocenters. The number of aromatic hydroxyl groups is 1. The summed E-state index contributed by atoms with van der Waals surface area (Å²) < 4.78 is 5.61. The monoisotopic (exact) mass is 648 g/mol. The Kier molecular flexibility index (Phi) is 11.1. The van der Waals surface area contributed by atoms with Crippen LogP contribution in [0.4, 0.5) is 0 Å². The van der Waals surface area contributed by atoms with E-state index in [0.717, 1.165) is 18.4 Å². The van der Waals surface area contributed by atoms with Gasteiger partial charge in [0.1, 0.15) is 29.5 Å². The maximum absolute atomic E-state index is 13.8. The minimum atomic E-state index is -0.904. The fraction of sp³-hybridized carbons (Fsp3) is 0.645. The molecule has 1 spiro atoms. The van der Waals surface area contributed by atoms with Crippen LogP contribution in [-0.2, 0) is 28.7 Å². The zero-order valence-electron chi connectivity index (χ0n) is 25.9. The van der Waals surface area contributed by atoms with Crippen LogP contribution in [0, 0.1) is 5.41 Å². The zero-order chi connectivity index (χ0) is 32.1. The van der Waals surface area contributed by atoms with Crippen LogP contribution in [-0.4, -0.2) is 87.9 Å². The van der Waals surface area contributed by atoms with Crippen molar-refractivity contribution in [2.45, 2.75) is 95.9 Å². The second-order valence-electron chi connectivity index (χ2n) is 12.9. The molecule has 11 nitrogen and oxygen atoms in total. The average Bonchev–Trinajstić information content (AvgIpc) is 3.61. The molecule has 3 fully saturated rings. The quantitative estimate of drug-likeness (QED) is 0.285. The topological polar surface area (TPSA) is 154 Å².